The van der Waals surface area contributed by atoms with Crippen LogP contribution in [0.15, 0.2) is 24.4 Å². The summed E-state index contributed by atoms with van der Waals surface area (Å²) in [5.74, 6) is -0.874. The molecule has 196 valence electrons. The van der Waals surface area contributed by atoms with Crippen molar-refractivity contribution in [3.63, 3.8) is 0 Å². The number of esters is 1. The van der Waals surface area contributed by atoms with Crippen LogP contribution in [0.3, 0.4) is 0 Å². The van der Waals surface area contributed by atoms with E-state index in [1.165, 1.54) is 0 Å². The molecule has 4 rings (SSSR count). The number of anilines is 1. The smallest absolute Gasteiger partial charge is 0.406 e. The van der Waals surface area contributed by atoms with E-state index < -0.39 is 30.5 Å². The number of aryl methyl sites for hydroxylation is 1. The number of imidazole rings is 1. The lowest BCUT2D eigenvalue weighted by atomic mass is 9.94. The van der Waals surface area contributed by atoms with Gasteiger partial charge in [-0.3, -0.25) is 9.59 Å². The van der Waals surface area contributed by atoms with Crippen molar-refractivity contribution in [2.45, 2.75) is 64.9 Å². The summed E-state index contributed by atoms with van der Waals surface area (Å²) in [6, 6.07) is 5.18. The summed E-state index contributed by atoms with van der Waals surface area (Å²) in [5.41, 5.74) is 2.19. The number of nitrogens with zero attached hydrogens (tertiary/aromatic N) is 3. The first-order valence-electron chi connectivity index (χ1n) is 12.2. The number of alkyl halides is 3. The first kappa shape index (κ1) is 25.8. The van der Waals surface area contributed by atoms with E-state index in [2.05, 4.69) is 14.9 Å². The van der Waals surface area contributed by atoms with Crippen molar-refractivity contribution in [3.8, 4) is 5.75 Å². The number of hydrogen-bond acceptors (Lipinski definition) is 6. The van der Waals surface area contributed by atoms with Crippen molar-refractivity contribution in [1.82, 2.24) is 14.5 Å². The SMILES string of the molecule is CC(C)OC(=O)C[C@@H]1Cc2ccc(OCCc3cn4c(n3)NCCC4)cc2CN(CC(F)(F)F)C1=O. The molecule has 3 heterocycles. The molecule has 1 aromatic heterocycles. The maximum absolute atomic E-state index is 13.3. The average Bonchev–Trinajstić information content (AvgIpc) is 3.15. The minimum atomic E-state index is -4.56. The number of hydrogen-bond donors (Lipinski definition) is 1. The van der Waals surface area contributed by atoms with Gasteiger partial charge >= 0.3 is 12.1 Å². The maximum Gasteiger partial charge on any atom is 0.406 e. The number of halogens is 3. The Morgan fingerprint density at radius 3 is 2.81 bits per heavy atom. The molecule has 36 heavy (non-hydrogen) atoms. The molecule has 1 aromatic carbocycles. The van der Waals surface area contributed by atoms with E-state index in [0.717, 1.165) is 41.6 Å². The molecule has 11 heteroatoms. The van der Waals surface area contributed by atoms with E-state index in [9.17, 15) is 22.8 Å². The normalized spacial score (nSPS) is 17.8. The van der Waals surface area contributed by atoms with Crippen molar-refractivity contribution in [3.05, 3.63) is 41.2 Å². The van der Waals surface area contributed by atoms with Crippen LogP contribution in [0.2, 0.25) is 0 Å². The highest BCUT2D eigenvalue weighted by atomic mass is 19.4. The molecule has 1 N–H and O–H groups in total. The number of amides is 1. The molecule has 8 nitrogen and oxygen atoms in total. The lowest BCUT2D eigenvalue weighted by molar-refractivity contribution is -0.166. The highest BCUT2D eigenvalue weighted by Crippen LogP contribution is 2.30. The fraction of sp³-hybridized carbons (Fsp3) is 0.560. The van der Waals surface area contributed by atoms with Crippen LogP contribution in [0.4, 0.5) is 19.1 Å². The Bertz CT molecular complexity index is 1080. The summed E-state index contributed by atoms with van der Waals surface area (Å²) in [4.78, 5) is 30.5. The van der Waals surface area contributed by atoms with Crippen LogP contribution in [0.1, 0.15) is 43.5 Å². The van der Waals surface area contributed by atoms with Crippen molar-refractivity contribution in [1.29, 1.82) is 0 Å². The molecule has 2 aliphatic heterocycles. The molecule has 0 aliphatic carbocycles. The van der Waals surface area contributed by atoms with Gasteiger partial charge in [0.15, 0.2) is 0 Å². The highest BCUT2D eigenvalue weighted by Gasteiger charge is 2.38. The molecule has 2 aromatic rings. The van der Waals surface area contributed by atoms with Gasteiger partial charge in [0.1, 0.15) is 12.3 Å². The van der Waals surface area contributed by atoms with Crippen LogP contribution in [-0.4, -0.2) is 58.3 Å². The third-order valence-electron chi connectivity index (χ3n) is 6.13. The van der Waals surface area contributed by atoms with Gasteiger partial charge in [0.2, 0.25) is 11.9 Å². The zero-order valence-electron chi connectivity index (χ0n) is 20.4. The Balaban J connectivity index is 1.46. The Labute approximate surface area is 207 Å². The lowest BCUT2D eigenvalue weighted by Crippen LogP contribution is -2.41. The molecule has 0 spiro atoms. The molecule has 0 saturated heterocycles. The second kappa shape index (κ2) is 10.8. The molecular weight excluding hydrogens is 477 g/mol. The van der Waals surface area contributed by atoms with Crippen LogP contribution < -0.4 is 10.1 Å². The van der Waals surface area contributed by atoms with Gasteiger partial charge in [0.25, 0.3) is 0 Å². The summed E-state index contributed by atoms with van der Waals surface area (Å²) in [6.45, 7) is 3.93. The van der Waals surface area contributed by atoms with E-state index in [1.807, 2.05) is 6.20 Å². The number of carbonyl (C=O) groups excluding carboxylic acids is 2. The van der Waals surface area contributed by atoms with Gasteiger partial charge in [-0.05, 0) is 49.9 Å². The van der Waals surface area contributed by atoms with Gasteiger partial charge in [0, 0.05) is 32.3 Å². The molecule has 0 radical (unpaired) electrons. The largest absolute Gasteiger partial charge is 0.493 e. The number of benzene rings is 1. The zero-order chi connectivity index (χ0) is 25.9. The summed E-state index contributed by atoms with van der Waals surface area (Å²) < 4.78 is 52.8. The van der Waals surface area contributed by atoms with Crippen LogP contribution in [-0.2, 0) is 40.3 Å². The van der Waals surface area contributed by atoms with Gasteiger partial charge in [-0.25, -0.2) is 4.98 Å². The van der Waals surface area contributed by atoms with E-state index in [4.69, 9.17) is 9.47 Å². The van der Waals surface area contributed by atoms with E-state index in [-0.39, 0.29) is 25.5 Å². The molecule has 0 bridgehead atoms. The molecule has 0 saturated carbocycles. The van der Waals surface area contributed by atoms with Gasteiger partial charge in [0.05, 0.1) is 30.7 Å². The summed E-state index contributed by atoms with van der Waals surface area (Å²) in [7, 11) is 0. The molecule has 0 fully saturated rings. The number of rotatable bonds is 8. The molecule has 2 aliphatic rings. The average molecular weight is 509 g/mol. The Morgan fingerprint density at radius 2 is 2.08 bits per heavy atom. The minimum Gasteiger partial charge on any atom is -0.493 e. The highest BCUT2D eigenvalue weighted by molar-refractivity contribution is 5.84. The van der Waals surface area contributed by atoms with Crippen LogP contribution in [0, 0.1) is 5.92 Å². The standard InChI is InChI=1S/C25H31F3N4O4/c1-16(2)36-22(33)12-18-10-17-4-5-21(11-19(17)13-32(23(18)34)15-25(26,27)28)35-9-6-20-14-31-8-3-7-29-24(31)30-20/h4-5,11,14,16,18H,3,6-10,12-13,15H2,1-2H3,(H,29,30)/t18-/m0/s1. The van der Waals surface area contributed by atoms with Crippen LogP contribution >= 0.6 is 0 Å². The van der Waals surface area contributed by atoms with E-state index in [1.54, 1.807) is 32.0 Å². The van der Waals surface area contributed by atoms with Crippen molar-refractivity contribution in [2.24, 2.45) is 5.92 Å². The van der Waals surface area contributed by atoms with Crippen LogP contribution in [0.5, 0.6) is 5.75 Å². The number of fused-ring (bicyclic) bond motifs is 2. The molecule has 1 atom stereocenters. The first-order chi connectivity index (χ1) is 17.1. The molecule has 1 amide bonds. The monoisotopic (exact) mass is 508 g/mol. The molecular formula is C25H31F3N4O4. The summed E-state index contributed by atoms with van der Waals surface area (Å²) in [6.07, 6.45) is -1.43. The number of carbonyl (C=O) groups is 2. The second-order valence-corrected chi connectivity index (χ2v) is 9.51. The maximum atomic E-state index is 13.3. The van der Waals surface area contributed by atoms with Gasteiger partial charge in [-0.15, -0.1) is 0 Å². The fourth-order valence-electron chi connectivity index (χ4n) is 4.58. The molecule has 0 unspecified atom stereocenters. The third kappa shape index (κ3) is 6.70. The topological polar surface area (TPSA) is 85.7 Å². The first-order valence-corrected chi connectivity index (χ1v) is 12.2. The Morgan fingerprint density at radius 1 is 1.28 bits per heavy atom. The lowest BCUT2D eigenvalue weighted by Gasteiger charge is -2.25. The fourth-order valence-corrected chi connectivity index (χ4v) is 4.58. The minimum absolute atomic E-state index is 0.156. The summed E-state index contributed by atoms with van der Waals surface area (Å²) >= 11 is 0. The Kier molecular flexibility index (Phi) is 7.75. The van der Waals surface area contributed by atoms with Gasteiger partial charge in [-0.2, -0.15) is 13.2 Å². The number of nitrogens with one attached hydrogen (secondary N) is 1. The quantitative estimate of drug-likeness (QED) is 0.547. The number of aromatic nitrogens is 2. The van der Waals surface area contributed by atoms with Gasteiger partial charge < -0.3 is 24.3 Å². The van der Waals surface area contributed by atoms with Crippen LogP contribution in [0.25, 0.3) is 0 Å². The van der Waals surface area contributed by atoms with Crippen molar-refractivity contribution < 1.29 is 32.2 Å². The van der Waals surface area contributed by atoms with Crippen molar-refractivity contribution in [2.75, 3.05) is 25.0 Å². The van der Waals surface area contributed by atoms with Gasteiger partial charge in [-0.1, -0.05) is 6.07 Å². The predicted molar refractivity (Wildman–Crippen MR) is 125 cm³/mol. The summed E-state index contributed by atoms with van der Waals surface area (Å²) in [5, 5.41) is 3.25. The number of ether oxygens (including phenoxy) is 2. The predicted octanol–water partition coefficient (Wildman–Crippen LogP) is 3.73. The zero-order valence-corrected chi connectivity index (χ0v) is 20.4. The second-order valence-electron chi connectivity index (χ2n) is 9.51. The van der Waals surface area contributed by atoms with E-state index in [0.29, 0.717) is 24.3 Å². The Hall–Kier alpha value is -3.24. The third-order valence-corrected chi connectivity index (χ3v) is 6.13. The van der Waals surface area contributed by atoms with Crippen molar-refractivity contribution >= 4 is 17.8 Å². The van der Waals surface area contributed by atoms with E-state index >= 15 is 0 Å².